The third-order valence-corrected chi connectivity index (χ3v) is 7.68. The second-order valence-corrected chi connectivity index (χ2v) is 10.5. The Kier molecular flexibility index (Phi) is 7.30. The van der Waals surface area contributed by atoms with Crippen LogP contribution in [0, 0.1) is 0 Å². The van der Waals surface area contributed by atoms with Crippen LogP contribution in [-0.4, -0.2) is 55.5 Å². The van der Waals surface area contributed by atoms with Crippen LogP contribution in [-0.2, 0) is 9.53 Å². The van der Waals surface area contributed by atoms with Crippen LogP contribution in [0.5, 0.6) is 0 Å². The molecule has 1 N–H and O–H groups in total. The van der Waals surface area contributed by atoms with E-state index in [2.05, 4.69) is 19.2 Å². The number of hydrogen-bond donors (Lipinski definition) is 1. The highest BCUT2D eigenvalue weighted by Gasteiger charge is 2.30. The van der Waals surface area contributed by atoms with Gasteiger partial charge in [0.1, 0.15) is 6.54 Å². The quantitative estimate of drug-likeness (QED) is 0.516. The van der Waals surface area contributed by atoms with Gasteiger partial charge in [-0.05, 0) is 53.9 Å². The number of anilines is 2. The average molecular weight is 516 g/mol. The highest BCUT2D eigenvalue weighted by molar-refractivity contribution is 7.99. The number of benzene rings is 3. The van der Waals surface area contributed by atoms with Crippen LogP contribution in [0.1, 0.15) is 46.0 Å². The molecule has 7 nitrogen and oxygen atoms in total. The Bertz CT molecular complexity index is 1330. The maximum atomic E-state index is 13.7. The molecule has 2 heterocycles. The van der Waals surface area contributed by atoms with Crippen LogP contribution in [0.15, 0.2) is 76.5 Å². The summed E-state index contributed by atoms with van der Waals surface area (Å²) in [5.41, 5.74) is 3.41. The van der Waals surface area contributed by atoms with Gasteiger partial charge in [0, 0.05) is 34.1 Å². The lowest BCUT2D eigenvalue weighted by atomic mass is 10.0. The number of fused-ring (bicyclic) bond motifs is 2. The largest absolute Gasteiger partial charge is 0.378 e. The lowest BCUT2D eigenvalue weighted by molar-refractivity contribution is -0.114. The molecular formula is C29H29N3O4S. The van der Waals surface area contributed by atoms with Crippen LogP contribution < -0.4 is 10.2 Å². The average Bonchev–Trinajstić information content (AvgIpc) is 3.03. The SMILES string of the molecule is CC(C)c1ccc(NC(=O)CN2C(=O)c3ccccc3Sc3ccc(C(=O)N4CCOCC4)cc32)cc1. The van der Waals surface area contributed by atoms with Crippen molar-refractivity contribution in [1.82, 2.24) is 4.90 Å². The number of amides is 3. The number of ether oxygens (including phenoxy) is 1. The molecule has 0 bridgehead atoms. The van der Waals surface area contributed by atoms with E-state index >= 15 is 0 Å². The number of nitrogens with zero attached hydrogens (tertiary/aromatic N) is 2. The summed E-state index contributed by atoms with van der Waals surface area (Å²) in [6.45, 7) is 6.11. The Morgan fingerprint density at radius 1 is 0.973 bits per heavy atom. The van der Waals surface area contributed by atoms with E-state index in [4.69, 9.17) is 4.74 Å². The zero-order valence-corrected chi connectivity index (χ0v) is 21.7. The van der Waals surface area contributed by atoms with Crippen LogP contribution in [0.25, 0.3) is 0 Å². The van der Waals surface area contributed by atoms with E-state index in [1.807, 2.05) is 48.5 Å². The zero-order chi connectivity index (χ0) is 25.9. The van der Waals surface area contributed by atoms with Crippen molar-refractivity contribution in [2.75, 3.05) is 43.1 Å². The van der Waals surface area contributed by atoms with Gasteiger partial charge in [-0.3, -0.25) is 19.3 Å². The second kappa shape index (κ2) is 10.8. The van der Waals surface area contributed by atoms with Crippen molar-refractivity contribution in [2.24, 2.45) is 0 Å². The molecule has 1 fully saturated rings. The molecule has 0 aromatic heterocycles. The van der Waals surface area contributed by atoms with Crippen LogP contribution in [0.3, 0.4) is 0 Å². The Labute approximate surface area is 220 Å². The van der Waals surface area contributed by atoms with Crippen molar-refractivity contribution in [1.29, 1.82) is 0 Å². The summed E-state index contributed by atoms with van der Waals surface area (Å²) in [6.07, 6.45) is 0. The van der Waals surface area contributed by atoms with Crippen LogP contribution >= 0.6 is 11.8 Å². The molecule has 0 atom stereocenters. The van der Waals surface area contributed by atoms with Gasteiger partial charge in [-0.15, -0.1) is 0 Å². The molecule has 3 amide bonds. The maximum Gasteiger partial charge on any atom is 0.259 e. The minimum absolute atomic E-state index is 0.111. The Morgan fingerprint density at radius 3 is 2.43 bits per heavy atom. The molecule has 0 saturated carbocycles. The molecular weight excluding hydrogens is 486 g/mol. The first-order chi connectivity index (χ1) is 17.9. The third-order valence-electron chi connectivity index (χ3n) is 6.54. The predicted octanol–water partition coefficient (Wildman–Crippen LogP) is 5.03. The first-order valence-corrected chi connectivity index (χ1v) is 13.2. The topological polar surface area (TPSA) is 79.0 Å². The number of hydrogen-bond acceptors (Lipinski definition) is 5. The fourth-order valence-corrected chi connectivity index (χ4v) is 5.51. The van der Waals surface area contributed by atoms with Gasteiger partial charge in [-0.1, -0.05) is 49.9 Å². The Hall–Kier alpha value is -3.62. The molecule has 0 spiro atoms. The smallest absolute Gasteiger partial charge is 0.259 e. The monoisotopic (exact) mass is 515 g/mol. The van der Waals surface area contributed by atoms with E-state index < -0.39 is 0 Å². The minimum Gasteiger partial charge on any atom is -0.378 e. The standard InChI is InChI=1S/C29H29N3O4S/c1-19(2)20-7-10-22(11-8-20)30-27(33)18-32-24-17-21(28(34)31-13-15-36-16-14-31)9-12-26(24)37-25-6-4-3-5-23(25)29(32)35/h3-12,17,19H,13-16,18H2,1-2H3,(H,30,33). The molecule has 8 heteroatoms. The number of carbonyl (C=O) groups is 3. The summed E-state index contributed by atoms with van der Waals surface area (Å²) in [6, 6.07) is 20.5. The highest BCUT2D eigenvalue weighted by atomic mass is 32.2. The van der Waals surface area contributed by atoms with Gasteiger partial charge in [-0.25, -0.2) is 0 Å². The van der Waals surface area contributed by atoms with Gasteiger partial charge in [0.05, 0.1) is 24.5 Å². The molecule has 2 aliphatic heterocycles. The summed E-state index contributed by atoms with van der Waals surface area (Å²) < 4.78 is 5.38. The summed E-state index contributed by atoms with van der Waals surface area (Å²) in [5.74, 6) is -0.308. The highest BCUT2D eigenvalue weighted by Crippen LogP contribution is 2.41. The van der Waals surface area contributed by atoms with Gasteiger partial charge in [0.15, 0.2) is 0 Å². The molecule has 3 aromatic carbocycles. The fraction of sp³-hybridized carbons (Fsp3) is 0.276. The first kappa shape index (κ1) is 25.0. The molecule has 0 radical (unpaired) electrons. The van der Waals surface area contributed by atoms with Gasteiger partial charge in [0.25, 0.3) is 11.8 Å². The number of carbonyl (C=O) groups excluding carboxylic acids is 3. The van der Waals surface area contributed by atoms with Crippen molar-refractivity contribution in [3.8, 4) is 0 Å². The zero-order valence-electron chi connectivity index (χ0n) is 20.9. The summed E-state index contributed by atoms with van der Waals surface area (Å²) in [7, 11) is 0. The molecule has 0 aliphatic carbocycles. The van der Waals surface area contributed by atoms with Gasteiger partial charge in [-0.2, -0.15) is 0 Å². The Balaban J connectivity index is 1.45. The van der Waals surface area contributed by atoms with E-state index in [-0.39, 0.29) is 24.3 Å². The number of rotatable bonds is 5. The molecule has 1 saturated heterocycles. The lowest BCUT2D eigenvalue weighted by Crippen LogP contribution is -2.41. The van der Waals surface area contributed by atoms with Crippen molar-refractivity contribution in [3.63, 3.8) is 0 Å². The van der Waals surface area contributed by atoms with E-state index in [0.717, 1.165) is 9.79 Å². The van der Waals surface area contributed by atoms with Gasteiger partial charge in [0.2, 0.25) is 5.91 Å². The van der Waals surface area contributed by atoms with E-state index in [9.17, 15) is 14.4 Å². The van der Waals surface area contributed by atoms with Crippen LogP contribution in [0.4, 0.5) is 11.4 Å². The number of morpholine rings is 1. The number of nitrogens with one attached hydrogen (secondary N) is 1. The predicted molar refractivity (Wildman–Crippen MR) is 145 cm³/mol. The normalized spacial score (nSPS) is 15.2. The minimum atomic E-state index is -0.314. The first-order valence-electron chi connectivity index (χ1n) is 12.4. The van der Waals surface area contributed by atoms with Gasteiger partial charge < -0.3 is 15.0 Å². The van der Waals surface area contributed by atoms with Crippen molar-refractivity contribution in [3.05, 3.63) is 83.4 Å². The summed E-state index contributed by atoms with van der Waals surface area (Å²) in [5, 5.41) is 2.91. The van der Waals surface area contributed by atoms with Gasteiger partial charge >= 0.3 is 0 Å². The van der Waals surface area contributed by atoms with Crippen molar-refractivity contribution in [2.45, 2.75) is 29.6 Å². The van der Waals surface area contributed by atoms with Crippen molar-refractivity contribution < 1.29 is 19.1 Å². The maximum absolute atomic E-state index is 13.7. The van der Waals surface area contributed by atoms with E-state index in [0.29, 0.717) is 54.7 Å². The lowest BCUT2D eigenvalue weighted by Gasteiger charge is -2.28. The summed E-state index contributed by atoms with van der Waals surface area (Å²) in [4.78, 5) is 44.9. The summed E-state index contributed by atoms with van der Waals surface area (Å²) >= 11 is 1.46. The molecule has 5 rings (SSSR count). The molecule has 0 unspecified atom stereocenters. The fourth-order valence-electron chi connectivity index (χ4n) is 4.45. The van der Waals surface area contributed by atoms with E-state index in [1.54, 1.807) is 23.1 Å². The van der Waals surface area contributed by atoms with E-state index in [1.165, 1.54) is 22.2 Å². The third kappa shape index (κ3) is 5.40. The molecule has 37 heavy (non-hydrogen) atoms. The molecule has 3 aromatic rings. The molecule has 2 aliphatic rings. The second-order valence-electron chi connectivity index (χ2n) is 9.40. The van der Waals surface area contributed by atoms with Crippen LogP contribution in [0.2, 0.25) is 0 Å². The van der Waals surface area contributed by atoms with Crippen molar-refractivity contribution >= 4 is 40.9 Å². The molecule has 190 valence electrons. The Morgan fingerprint density at radius 2 is 1.70 bits per heavy atom.